The smallest absolute Gasteiger partial charge is 0.407 e. The molecular formula is C17H24N2O2. The van der Waals surface area contributed by atoms with E-state index in [0.29, 0.717) is 6.54 Å². The summed E-state index contributed by atoms with van der Waals surface area (Å²) < 4.78 is 5.17. The maximum atomic E-state index is 11.5. The monoisotopic (exact) mass is 288 g/mol. The second kappa shape index (κ2) is 6.76. The number of rotatable bonds is 3. The summed E-state index contributed by atoms with van der Waals surface area (Å²) in [6, 6.07) is 6.51. The van der Waals surface area contributed by atoms with E-state index in [1.165, 1.54) is 11.1 Å². The molecule has 1 aromatic carbocycles. The molecule has 114 valence electrons. The first-order valence-electron chi connectivity index (χ1n) is 7.40. The topological polar surface area (TPSA) is 50.4 Å². The summed E-state index contributed by atoms with van der Waals surface area (Å²) in [6.45, 7) is 8.01. The van der Waals surface area contributed by atoms with E-state index in [9.17, 15) is 4.79 Å². The third-order valence-electron chi connectivity index (χ3n) is 3.19. The van der Waals surface area contributed by atoms with Crippen LogP contribution in [0.15, 0.2) is 24.3 Å². The molecule has 4 heteroatoms. The number of fused-ring (bicyclic) bond motifs is 1. The first kappa shape index (κ1) is 15.6. The Labute approximate surface area is 126 Å². The summed E-state index contributed by atoms with van der Waals surface area (Å²) in [5.41, 5.74) is 3.49. The van der Waals surface area contributed by atoms with Crippen molar-refractivity contribution >= 4 is 12.2 Å². The zero-order chi connectivity index (χ0) is 15.3. The minimum Gasteiger partial charge on any atom is -0.444 e. The molecule has 0 atom stereocenters. The molecule has 21 heavy (non-hydrogen) atoms. The van der Waals surface area contributed by atoms with Gasteiger partial charge in [-0.25, -0.2) is 4.79 Å². The van der Waals surface area contributed by atoms with E-state index < -0.39 is 5.60 Å². The number of alkyl carbamates (subject to hydrolysis) is 1. The third-order valence-corrected chi connectivity index (χ3v) is 3.19. The van der Waals surface area contributed by atoms with E-state index in [2.05, 4.69) is 28.8 Å². The molecule has 0 fully saturated rings. The summed E-state index contributed by atoms with van der Waals surface area (Å²) in [5, 5.41) is 6.09. The van der Waals surface area contributed by atoms with Gasteiger partial charge in [-0.1, -0.05) is 30.4 Å². The zero-order valence-corrected chi connectivity index (χ0v) is 13.0. The molecule has 0 saturated carbocycles. The van der Waals surface area contributed by atoms with E-state index in [0.717, 1.165) is 25.1 Å². The van der Waals surface area contributed by atoms with Crippen LogP contribution in [0, 0.1) is 0 Å². The van der Waals surface area contributed by atoms with Crippen molar-refractivity contribution in [2.45, 2.75) is 39.3 Å². The van der Waals surface area contributed by atoms with Gasteiger partial charge in [-0.15, -0.1) is 0 Å². The largest absolute Gasteiger partial charge is 0.444 e. The van der Waals surface area contributed by atoms with Crippen LogP contribution in [0.4, 0.5) is 4.79 Å². The first-order valence-corrected chi connectivity index (χ1v) is 7.40. The number of carbonyl (C=O) groups is 1. The van der Waals surface area contributed by atoms with Crippen molar-refractivity contribution in [3.05, 3.63) is 41.0 Å². The molecule has 1 aromatic rings. The van der Waals surface area contributed by atoms with Crippen molar-refractivity contribution in [3.63, 3.8) is 0 Å². The summed E-state index contributed by atoms with van der Waals surface area (Å²) in [6.07, 6.45) is 4.66. The van der Waals surface area contributed by atoms with Gasteiger partial charge in [-0.3, -0.25) is 0 Å². The van der Waals surface area contributed by atoms with Crippen LogP contribution in [0.25, 0.3) is 6.08 Å². The zero-order valence-electron chi connectivity index (χ0n) is 13.0. The number of carbonyl (C=O) groups excluding carboxylic acids is 1. The fourth-order valence-electron chi connectivity index (χ4n) is 2.26. The van der Waals surface area contributed by atoms with Gasteiger partial charge in [-0.05, 0) is 50.4 Å². The third kappa shape index (κ3) is 5.23. The Morgan fingerprint density at radius 3 is 2.95 bits per heavy atom. The van der Waals surface area contributed by atoms with E-state index in [1.807, 2.05) is 32.9 Å². The van der Waals surface area contributed by atoms with E-state index in [-0.39, 0.29) is 6.09 Å². The summed E-state index contributed by atoms with van der Waals surface area (Å²) in [7, 11) is 0. The van der Waals surface area contributed by atoms with Crippen molar-refractivity contribution in [2.75, 3.05) is 13.1 Å². The van der Waals surface area contributed by atoms with Crippen LogP contribution in [0.1, 0.15) is 37.5 Å². The molecule has 0 bridgehead atoms. The standard InChI is InChI=1S/C17H24N2O2/c1-17(2,3)21-16(20)19-9-4-5-13-6-7-14-8-10-18-12-15(14)11-13/h4-7,11,18H,8-10,12H2,1-3H3,(H,19,20). The van der Waals surface area contributed by atoms with Crippen LogP contribution in [-0.4, -0.2) is 24.8 Å². The number of benzene rings is 1. The quantitative estimate of drug-likeness (QED) is 0.899. The highest BCUT2D eigenvalue weighted by Gasteiger charge is 2.15. The lowest BCUT2D eigenvalue weighted by Gasteiger charge is -2.19. The van der Waals surface area contributed by atoms with Crippen molar-refractivity contribution in [3.8, 4) is 0 Å². The average molecular weight is 288 g/mol. The summed E-state index contributed by atoms with van der Waals surface area (Å²) in [5.74, 6) is 0. The SMILES string of the molecule is CC(C)(C)OC(=O)NCC=Cc1ccc2c(c1)CNCC2. The minimum absolute atomic E-state index is 0.387. The van der Waals surface area contributed by atoms with Gasteiger partial charge in [-0.2, -0.15) is 0 Å². The molecule has 1 aliphatic rings. The lowest BCUT2D eigenvalue weighted by atomic mass is 9.98. The molecule has 0 spiro atoms. The molecule has 0 unspecified atom stereocenters. The molecule has 2 rings (SSSR count). The summed E-state index contributed by atoms with van der Waals surface area (Å²) in [4.78, 5) is 11.5. The predicted molar refractivity (Wildman–Crippen MR) is 85.1 cm³/mol. The van der Waals surface area contributed by atoms with Crippen molar-refractivity contribution in [2.24, 2.45) is 0 Å². The van der Waals surface area contributed by atoms with Gasteiger partial charge in [0.1, 0.15) is 5.60 Å². The first-order chi connectivity index (χ1) is 9.94. The van der Waals surface area contributed by atoms with Crippen LogP contribution in [-0.2, 0) is 17.7 Å². The molecule has 0 saturated heterocycles. The van der Waals surface area contributed by atoms with Gasteiger partial charge in [0.25, 0.3) is 0 Å². The molecule has 1 amide bonds. The molecule has 1 aliphatic heterocycles. The predicted octanol–water partition coefficient (Wildman–Crippen LogP) is 2.87. The molecule has 2 N–H and O–H groups in total. The number of amides is 1. The maximum Gasteiger partial charge on any atom is 0.407 e. The fraction of sp³-hybridized carbons (Fsp3) is 0.471. The van der Waals surface area contributed by atoms with E-state index >= 15 is 0 Å². The van der Waals surface area contributed by atoms with Gasteiger partial charge < -0.3 is 15.4 Å². The normalized spacial score (nSPS) is 14.8. The van der Waals surface area contributed by atoms with Crippen molar-refractivity contribution < 1.29 is 9.53 Å². The fourth-order valence-corrected chi connectivity index (χ4v) is 2.26. The van der Waals surface area contributed by atoms with Crippen molar-refractivity contribution in [1.29, 1.82) is 0 Å². The lowest BCUT2D eigenvalue weighted by Crippen LogP contribution is -2.32. The van der Waals surface area contributed by atoms with Gasteiger partial charge in [0.2, 0.25) is 0 Å². The molecular weight excluding hydrogens is 264 g/mol. The van der Waals surface area contributed by atoms with Crippen LogP contribution in [0.3, 0.4) is 0 Å². The highest BCUT2D eigenvalue weighted by molar-refractivity contribution is 5.68. The Morgan fingerprint density at radius 1 is 1.38 bits per heavy atom. The highest BCUT2D eigenvalue weighted by Crippen LogP contribution is 2.16. The Bertz CT molecular complexity index is 530. The second-order valence-corrected chi connectivity index (χ2v) is 6.24. The maximum absolute atomic E-state index is 11.5. The Morgan fingerprint density at radius 2 is 2.19 bits per heavy atom. The van der Waals surface area contributed by atoms with E-state index in [1.54, 1.807) is 0 Å². The van der Waals surface area contributed by atoms with Gasteiger partial charge in [0.05, 0.1) is 0 Å². The Balaban J connectivity index is 1.83. The Hall–Kier alpha value is -1.81. The van der Waals surface area contributed by atoms with Gasteiger partial charge in [0.15, 0.2) is 0 Å². The van der Waals surface area contributed by atoms with Crippen molar-refractivity contribution in [1.82, 2.24) is 10.6 Å². The van der Waals surface area contributed by atoms with Crippen LogP contribution in [0.2, 0.25) is 0 Å². The molecule has 0 aromatic heterocycles. The van der Waals surface area contributed by atoms with Crippen LogP contribution >= 0.6 is 0 Å². The molecule has 0 radical (unpaired) electrons. The highest BCUT2D eigenvalue weighted by atomic mass is 16.6. The Kier molecular flexibility index (Phi) is 5.02. The molecule has 4 nitrogen and oxygen atoms in total. The number of ether oxygens (including phenoxy) is 1. The van der Waals surface area contributed by atoms with Gasteiger partial charge >= 0.3 is 6.09 Å². The lowest BCUT2D eigenvalue weighted by molar-refractivity contribution is 0.0534. The summed E-state index contributed by atoms with van der Waals surface area (Å²) >= 11 is 0. The number of hydrogen-bond acceptors (Lipinski definition) is 3. The molecule has 0 aliphatic carbocycles. The number of hydrogen-bond donors (Lipinski definition) is 2. The minimum atomic E-state index is -0.459. The average Bonchev–Trinajstić information content (AvgIpc) is 2.41. The van der Waals surface area contributed by atoms with Gasteiger partial charge in [0, 0.05) is 13.1 Å². The van der Waals surface area contributed by atoms with Crippen LogP contribution < -0.4 is 10.6 Å². The van der Waals surface area contributed by atoms with Crippen LogP contribution in [0.5, 0.6) is 0 Å². The second-order valence-electron chi connectivity index (χ2n) is 6.24. The van der Waals surface area contributed by atoms with E-state index in [4.69, 9.17) is 4.74 Å². The molecule has 1 heterocycles. The number of nitrogens with one attached hydrogen (secondary N) is 2.